The molecule has 1 aromatic heterocycles. The van der Waals surface area contributed by atoms with Gasteiger partial charge in [-0.1, -0.05) is 30.3 Å². The van der Waals surface area contributed by atoms with Crippen LogP contribution in [0.15, 0.2) is 35.7 Å². The Morgan fingerprint density at radius 2 is 2.04 bits per heavy atom. The lowest BCUT2D eigenvalue weighted by atomic mass is 9.94. The highest BCUT2D eigenvalue weighted by Crippen LogP contribution is 2.23. The Kier molecular flexibility index (Phi) is 5.84. The summed E-state index contributed by atoms with van der Waals surface area (Å²) in [6.45, 7) is 1.91. The molecule has 2 aromatic rings. The minimum atomic E-state index is -0.975. The van der Waals surface area contributed by atoms with Gasteiger partial charge in [0.2, 0.25) is 0 Å². The van der Waals surface area contributed by atoms with E-state index in [1.54, 1.807) is 31.5 Å². The molecule has 1 aromatic carbocycles. The Hall–Kier alpha value is -2.25. The molecule has 23 heavy (non-hydrogen) atoms. The molecule has 0 bridgehead atoms. The van der Waals surface area contributed by atoms with Crippen LogP contribution in [0.3, 0.4) is 0 Å². The third-order valence-corrected chi connectivity index (χ3v) is 4.21. The molecule has 2 N–H and O–H groups in total. The third kappa shape index (κ3) is 4.37. The van der Waals surface area contributed by atoms with Crippen molar-refractivity contribution >= 4 is 23.2 Å². The number of aromatic nitrogens is 1. The number of carbonyl (C=O) groups excluding carboxylic acids is 1. The van der Waals surface area contributed by atoms with Crippen molar-refractivity contribution in [2.24, 2.45) is 5.92 Å². The number of carboxylic acid groups (broad SMARTS) is 1. The van der Waals surface area contributed by atoms with E-state index in [2.05, 4.69) is 10.3 Å². The zero-order chi connectivity index (χ0) is 16.8. The lowest BCUT2D eigenvalue weighted by molar-refractivity contribution is -0.142. The van der Waals surface area contributed by atoms with E-state index in [4.69, 9.17) is 4.74 Å². The maximum Gasteiger partial charge on any atom is 0.308 e. The number of hydrogen-bond donors (Lipinski definition) is 2. The lowest BCUT2D eigenvalue weighted by Gasteiger charge is -2.22. The van der Waals surface area contributed by atoms with Gasteiger partial charge in [-0.3, -0.25) is 9.59 Å². The van der Waals surface area contributed by atoms with Gasteiger partial charge < -0.3 is 15.2 Å². The fourth-order valence-corrected chi connectivity index (χ4v) is 2.86. The van der Waals surface area contributed by atoms with Crippen molar-refractivity contribution in [3.05, 3.63) is 52.0 Å². The molecule has 0 radical (unpaired) electrons. The van der Waals surface area contributed by atoms with Crippen molar-refractivity contribution in [1.82, 2.24) is 10.3 Å². The van der Waals surface area contributed by atoms with Crippen LogP contribution in [-0.4, -0.2) is 29.1 Å². The number of nitrogens with one attached hydrogen (secondary N) is 1. The molecule has 122 valence electrons. The maximum atomic E-state index is 12.4. The molecule has 2 unspecified atom stereocenters. The number of hydrogen-bond acceptors (Lipinski definition) is 5. The van der Waals surface area contributed by atoms with E-state index in [0.29, 0.717) is 11.6 Å². The zero-order valence-corrected chi connectivity index (χ0v) is 13.7. The third-order valence-electron chi connectivity index (χ3n) is 3.39. The molecule has 0 saturated carbocycles. The number of carboxylic acids is 1. The number of benzene rings is 1. The summed E-state index contributed by atoms with van der Waals surface area (Å²) in [7, 11) is 1.56. The molecule has 0 aliphatic rings. The summed E-state index contributed by atoms with van der Waals surface area (Å²) >= 11 is 1.33. The summed E-state index contributed by atoms with van der Waals surface area (Å²) in [6, 6.07) is 8.41. The maximum absolute atomic E-state index is 12.4. The van der Waals surface area contributed by atoms with E-state index in [1.165, 1.54) is 11.3 Å². The van der Waals surface area contributed by atoms with Crippen molar-refractivity contribution in [2.75, 3.05) is 7.11 Å². The summed E-state index contributed by atoms with van der Waals surface area (Å²) in [5.74, 6) is -2.14. The molecular formula is C16H18N2O4S. The summed E-state index contributed by atoms with van der Waals surface area (Å²) in [5, 5.41) is 14.4. The first-order valence-corrected chi connectivity index (χ1v) is 7.93. The number of methoxy groups -OCH3 is 1. The topological polar surface area (TPSA) is 88.5 Å². The number of carbonyl (C=O) groups is 2. The van der Waals surface area contributed by atoms with Gasteiger partial charge in [-0.25, -0.2) is 4.98 Å². The molecule has 0 aliphatic carbocycles. The molecule has 2 rings (SSSR count). The predicted molar refractivity (Wildman–Crippen MR) is 86.3 cm³/mol. The molecule has 1 heterocycles. The van der Waals surface area contributed by atoms with E-state index in [0.717, 1.165) is 5.56 Å². The van der Waals surface area contributed by atoms with Crippen LogP contribution in [-0.2, 0) is 16.1 Å². The van der Waals surface area contributed by atoms with Crippen molar-refractivity contribution < 1.29 is 19.4 Å². The summed E-state index contributed by atoms with van der Waals surface area (Å²) in [4.78, 5) is 27.9. The van der Waals surface area contributed by atoms with E-state index in [9.17, 15) is 14.7 Å². The minimum absolute atomic E-state index is 0.264. The molecular weight excluding hydrogens is 316 g/mol. The van der Waals surface area contributed by atoms with Crippen molar-refractivity contribution in [1.29, 1.82) is 0 Å². The zero-order valence-electron chi connectivity index (χ0n) is 12.9. The van der Waals surface area contributed by atoms with Crippen molar-refractivity contribution in [3.8, 4) is 0 Å². The number of aliphatic carboxylic acids is 1. The lowest BCUT2D eigenvalue weighted by Crippen LogP contribution is -2.35. The molecule has 0 fully saturated rings. The van der Waals surface area contributed by atoms with Gasteiger partial charge in [-0.05, 0) is 12.5 Å². The molecule has 7 heteroatoms. The van der Waals surface area contributed by atoms with Crippen LogP contribution in [0.1, 0.15) is 34.0 Å². The van der Waals surface area contributed by atoms with Crippen LogP contribution in [0.25, 0.3) is 0 Å². The monoisotopic (exact) mass is 334 g/mol. The van der Waals surface area contributed by atoms with Crippen LogP contribution in [0, 0.1) is 5.92 Å². The highest BCUT2D eigenvalue weighted by atomic mass is 32.1. The van der Waals surface area contributed by atoms with Gasteiger partial charge >= 0.3 is 5.97 Å². The van der Waals surface area contributed by atoms with E-state index < -0.39 is 23.8 Å². The average molecular weight is 334 g/mol. The number of nitrogens with zero attached hydrogens (tertiary/aromatic N) is 1. The van der Waals surface area contributed by atoms with Gasteiger partial charge in [-0.15, -0.1) is 11.3 Å². The number of ether oxygens (including phenoxy) is 1. The molecule has 6 nitrogen and oxygen atoms in total. The predicted octanol–water partition coefficient (Wildman–Crippen LogP) is 2.48. The quantitative estimate of drug-likeness (QED) is 0.812. The normalized spacial score (nSPS) is 13.3. The number of thiazole rings is 1. The Labute approximate surface area is 138 Å². The second-order valence-electron chi connectivity index (χ2n) is 5.05. The van der Waals surface area contributed by atoms with Gasteiger partial charge in [0, 0.05) is 12.5 Å². The van der Waals surface area contributed by atoms with E-state index >= 15 is 0 Å². The standard InChI is InChI=1S/C16H18N2O4S/c1-10(16(20)21)14(11-6-4-3-5-7-11)18-15(19)12-9-23-13(17-12)8-22-2/h3-7,9-10,14H,8H2,1-2H3,(H,18,19)(H,20,21). The van der Waals surface area contributed by atoms with Crippen LogP contribution >= 0.6 is 11.3 Å². The van der Waals surface area contributed by atoms with Gasteiger partial charge in [-0.2, -0.15) is 0 Å². The SMILES string of the molecule is COCc1nc(C(=O)NC(c2ccccc2)C(C)C(=O)O)cs1. The van der Waals surface area contributed by atoms with Gasteiger partial charge in [0.25, 0.3) is 5.91 Å². The summed E-state index contributed by atoms with van der Waals surface area (Å²) < 4.78 is 4.98. The van der Waals surface area contributed by atoms with Crippen LogP contribution in [0.4, 0.5) is 0 Å². The van der Waals surface area contributed by atoms with Gasteiger partial charge in [0.15, 0.2) is 0 Å². The minimum Gasteiger partial charge on any atom is -0.481 e. The molecule has 0 aliphatic heterocycles. The highest BCUT2D eigenvalue weighted by Gasteiger charge is 2.27. The fraction of sp³-hybridized carbons (Fsp3) is 0.312. The Bertz CT molecular complexity index is 672. The fourth-order valence-electron chi connectivity index (χ4n) is 2.12. The van der Waals surface area contributed by atoms with Crippen LogP contribution < -0.4 is 5.32 Å². The number of rotatable bonds is 7. The second kappa shape index (κ2) is 7.85. The van der Waals surface area contributed by atoms with Gasteiger partial charge in [0.1, 0.15) is 10.7 Å². The summed E-state index contributed by atoms with van der Waals surface area (Å²) in [5.41, 5.74) is 1.00. The Morgan fingerprint density at radius 3 is 2.65 bits per heavy atom. The van der Waals surface area contributed by atoms with Gasteiger partial charge in [0.05, 0.1) is 18.6 Å². The largest absolute Gasteiger partial charge is 0.481 e. The highest BCUT2D eigenvalue weighted by molar-refractivity contribution is 7.09. The Morgan fingerprint density at radius 1 is 1.35 bits per heavy atom. The summed E-state index contributed by atoms with van der Waals surface area (Å²) in [6.07, 6.45) is 0. The second-order valence-corrected chi connectivity index (χ2v) is 5.99. The molecule has 0 spiro atoms. The van der Waals surface area contributed by atoms with E-state index in [-0.39, 0.29) is 5.69 Å². The molecule has 0 saturated heterocycles. The van der Waals surface area contributed by atoms with Crippen molar-refractivity contribution in [3.63, 3.8) is 0 Å². The average Bonchev–Trinajstić information content (AvgIpc) is 3.01. The number of amides is 1. The Balaban J connectivity index is 2.19. The first kappa shape index (κ1) is 17.1. The first-order valence-electron chi connectivity index (χ1n) is 7.05. The smallest absolute Gasteiger partial charge is 0.308 e. The van der Waals surface area contributed by atoms with Crippen molar-refractivity contribution in [2.45, 2.75) is 19.6 Å². The van der Waals surface area contributed by atoms with E-state index in [1.807, 2.05) is 18.2 Å². The van der Waals surface area contributed by atoms with Crippen LogP contribution in [0.5, 0.6) is 0 Å². The first-order chi connectivity index (χ1) is 11.0. The molecule has 2 atom stereocenters. The molecule has 1 amide bonds. The van der Waals surface area contributed by atoms with Crippen LogP contribution in [0.2, 0.25) is 0 Å².